The molecule has 0 N–H and O–H groups in total. The molecule has 0 saturated carbocycles. The second-order valence-corrected chi connectivity index (χ2v) is 8.70. The minimum absolute atomic E-state index is 0.000218. The van der Waals surface area contributed by atoms with Crippen molar-refractivity contribution in [3.63, 3.8) is 0 Å². The van der Waals surface area contributed by atoms with Gasteiger partial charge in [-0.25, -0.2) is 0 Å². The van der Waals surface area contributed by atoms with Gasteiger partial charge in [0.25, 0.3) is 0 Å². The van der Waals surface area contributed by atoms with Gasteiger partial charge in [-0.1, -0.05) is 121 Å². The predicted octanol–water partition coefficient (Wildman–Crippen LogP) is 8.75. The van der Waals surface area contributed by atoms with Crippen molar-refractivity contribution in [3.05, 3.63) is 42.5 Å². The van der Waals surface area contributed by atoms with Crippen LogP contribution in [0.15, 0.2) is 36.9 Å². The van der Waals surface area contributed by atoms with Gasteiger partial charge in [-0.3, -0.25) is 4.79 Å². The molecule has 1 rings (SSSR count). The number of rotatable bonds is 19. The van der Waals surface area contributed by atoms with Gasteiger partial charge in [-0.2, -0.15) is 0 Å². The van der Waals surface area contributed by atoms with Crippen LogP contribution in [-0.4, -0.2) is 12.6 Å². The van der Waals surface area contributed by atoms with Crippen LogP contribution in [0, 0.1) is 5.92 Å². The molecule has 0 heterocycles. The van der Waals surface area contributed by atoms with E-state index in [-0.39, 0.29) is 11.9 Å². The highest BCUT2D eigenvalue weighted by Crippen LogP contribution is 2.24. The zero-order valence-corrected chi connectivity index (χ0v) is 19.8. The minimum atomic E-state index is 0.000218. The Morgan fingerprint density at radius 3 is 1.97 bits per heavy atom. The molecule has 30 heavy (non-hydrogen) atoms. The van der Waals surface area contributed by atoms with E-state index in [1.54, 1.807) is 0 Å². The lowest BCUT2D eigenvalue weighted by Gasteiger charge is -2.16. The van der Waals surface area contributed by atoms with E-state index in [1.807, 2.05) is 18.2 Å². The summed E-state index contributed by atoms with van der Waals surface area (Å²) in [7, 11) is 0. The molecule has 1 aromatic rings. The maximum atomic E-state index is 12.6. The smallest absolute Gasteiger partial charge is 0.308 e. The first kappa shape index (κ1) is 26.5. The number of benzene rings is 1. The molecule has 0 amide bonds. The molecule has 1 unspecified atom stereocenters. The molecular weight excluding hydrogens is 368 g/mol. The van der Waals surface area contributed by atoms with Gasteiger partial charge in [0.2, 0.25) is 0 Å². The maximum absolute atomic E-state index is 12.6. The fourth-order valence-corrected chi connectivity index (χ4v) is 3.88. The van der Waals surface area contributed by atoms with Gasteiger partial charge in [0.05, 0.1) is 12.5 Å². The lowest BCUT2D eigenvalue weighted by atomic mass is 9.92. The summed E-state index contributed by atoms with van der Waals surface area (Å²) in [4.78, 5) is 12.6. The molecule has 0 fully saturated rings. The van der Waals surface area contributed by atoms with Crippen molar-refractivity contribution in [2.45, 2.75) is 110 Å². The summed E-state index contributed by atoms with van der Waals surface area (Å²) in [5, 5.41) is 0. The third kappa shape index (κ3) is 12.9. The first-order valence-electron chi connectivity index (χ1n) is 12.6. The zero-order valence-electron chi connectivity index (χ0n) is 19.8. The van der Waals surface area contributed by atoms with E-state index in [2.05, 4.69) is 32.6 Å². The predicted molar refractivity (Wildman–Crippen MR) is 131 cm³/mol. The molecule has 0 aromatic heterocycles. The van der Waals surface area contributed by atoms with Crippen molar-refractivity contribution in [1.82, 2.24) is 0 Å². The van der Waals surface area contributed by atoms with Crippen molar-refractivity contribution in [1.29, 1.82) is 0 Å². The van der Waals surface area contributed by atoms with Crippen molar-refractivity contribution >= 4 is 11.5 Å². The Kier molecular flexibility index (Phi) is 16.1. The summed E-state index contributed by atoms with van der Waals surface area (Å²) in [6.45, 7) is 9.24. The lowest BCUT2D eigenvalue weighted by molar-refractivity contribution is -0.149. The Hall–Kier alpha value is -1.57. The Morgan fingerprint density at radius 1 is 0.800 bits per heavy atom. The molecule has 2 heteroatoms. The third-order valence-corrected chi connectivity index (χ3v) is 5.96. The van der Waals surface area contributed by atoms with Gasteiger partial charge in [-0.15, -0.1) is 0 Å². The summed E-state index contributed by atoms with van der Waals surface area (Å²) in [6, 6.07) is 10.3. The van der Waals surface area contributed by atoms with Crippen LogP contribution in [0.1, 0.15) is 116 Å². The standard InChI is InChI=1S/C28H46O2/c1-4-6-8-9-10-11-12-13-14-18-24-30-28(29)27(19-7-5-2)23-22-25(3)26-20-16-15-17-21-26/h15-17,20-21,27H,3-14,18-19,22-24H2,1-2H3. The number of carbonyl (C=O) groups is 1. The molecule has 170 valence electrons. The Bertz CT molecular complexity index is 549. The van der Waals surface area contributed by atoms with Crippen LogP contribution < -0.4 is 0 Å². The molecule has 0 radical (unpaired) electrons. The quantitative estimate of drug-likeness (QED) is 0.167. The van der Waals surface area contributed by atoms with Crippen molar-refractivity contribution in [3.8, 4) is 0 Å². The number of hydrogen-bond acceptors (Lipinski definition) is 2. The largest absolute Gasteiger partial charge is 0.465 e. The number of ether oxygens (including phenoxy) is 1. The fourth-order valence-electron chi connectivity index (χ4n) is 3.88. The van der Waals surface area contributed by atoms with E-state index in [0.29, 0.717) is 6.61 Å². The van der Waals surface area contributed by atoms with Crippen LogP contribution >= 0.6 is 0 Å². The first-order chi connectivity index (χ1) is 14.7. The fraction of sp³-hybridized carbons (Fsp3) is 0.679. The highest BCUT2D eigenvalue weighted by Gasteiger charge is 2.19. The van der Waals surface area contributed by atoms with Gasteiger partial charge >= 0.3 is 5.97 Å². The van der Waals surface area contributed by atoms with E-state index >= 15 is 0 Å². The molecule has 0 aliphatic carbocycles. The number of unbranched alkanes of at least 4 members (excludes halogenated alkanes) is 10. The molecule has 0 spiro atoms. The highest BCUT2D eigenvalue weighted by molar-refractivity contribution is 5.73. The Morgan fingerprint density at radius 2 is 1.37 bits per heavy atom. The van der Waals surface area contributed by atoms with Gasteiger partial charge in [0.15, 0.2) is 0 Å². The van der Waals surface area contributed by atoms with Gasteiger partial charge in [0, 0.05) is 0 Å². The number of carbonyl (C=O) groups excluding carboxylic acids is 1. The average molecular weight is 415 g/mol. The number of hydrogen-bond donors (Lipinski definition) is 0. The summed E-state index contributed by atoms with van der Waals surface area (Å²) < 4.78 is 5.64. The van der Waals surface area contributed by atoms with E-state index in [0.717, 1.165) is 44.1 Å². The summed E-state index contributed by atoms with van der Waals surface area (Å²) >= 11 is 0. The van der Waals surface area contributed by atoms with Crippen LogP contribution in [0.2, 0.25) is 0 Å². The van der Waals surface area contributed by atoms with Crippen LogP contribution in [-0.2, 0) is 9.53 Å². The van der Waals surface area contributed by atoms with Crippen molar-refractivity contribution in [2.24, 2.45) is 5.92 Å². The zero-order chi connectivity index (χ0) is 21.9. The SMILES string of the molecule is C=C(CCC(CCCC)C(=O)OCCCCCCCCCCCC)c1ccccc1. The lowest BCUT2D eigenvalue weighted by Crippen LogP contribution is -2.18. The highest BCUT2D eigenvalue weighted by atomic mass is 16.5. The second-order valence-electron chi connectivity index (χ2n) is 8.70. The van der Waals surface area contributed by atoms with Crippen LogP contribution in [0.4, 0.5) is 0 Å². The molecule has 2 nitrogen and oxygen atoms in total. The first-order valence-corrected chi connectivity index (χ1v) is 12.6. The van der Waals surface area contributed by atoms with E-state index < -0.39 is 0 Å². The Labute approximate surface area is 186 Å². The number of esters is 1. The topological polar surface area (TPSA) is 26.3 Å². The van der Waals surface area contributed by atoms with Gasteiger partial charge in [-0.05, 0) is 36.8 Å². The molecule has 0 aliphatic rings. The van der Waals surface area contributed by atoms with E-state index in [9.17, 15) is 4.79 Å². The summed E-state index contributed by atoms with van der Waals surface area (Å²) in [5.74, 6) is 0.00812. The van der Waals surface area contributed by atoms with Crippen LogP contribution in [0.25, 0.3) is 5.57 Å². The minimum Gasteiger partial charge on any atom is -0.465 e. The van der Waals surface area contributed by atoms with Crippen molar-refractivity contribution in [2.75, 3.05) is 6.61 Å². The maximum Gasteiger partial charge on any atom is 0.308 e. The molecule has 0 aliphatic heterocycles. The molecule has 1 aromatic carbocycles. The van der Waals surface area contributed by atoms with E-state index in [1.165, 1.54) is 63.4 Å². The van der Waals surface area contributed by atoms with Crippen LogP contribution in [0.5, 0.6) is 0 Å². The summed E-state index contributed by atoms with van der Waals surface area (Å²) in [5.41, 5.74) is 2.28. The normalized spacial score (nSPS) is 11.9. The second kappa shape index (κ2) is 18.2. The molecule has 0 bridgehead atoms. The Balaban J connectivity index is 2.19. The van der Waals surface area contributed by atoms with Crippen LogP contribution in [0.3, 0.4) is 0 Å². The van der Waals surface area contributed by atoms with E-state index in [4.69, 9.17) is 4.74 Å². The third-order valence-electron chi connectivity index (χ3n) is 5.96. The number of allylic oxidation sites excluding steroid dienone is 1. The van der Waals surface area contributed by atoms with Gasteiger partial charge in [0.1, 0.15) is 0 Å². The molecular formula is C28H46O2. The van der Waals surface area contributed by atoms with Crippen molar-refractivity contribution < 1.29 is 9.53 Å². The summed E-state index contributed by atoms with van der Waals surface area (Å²) in [6.07, 6.45) is 17.8. The average Bonchev–Trinajstić information content (AvgIpc) is 2.77. The molecule has 1 atom stereocenters. The monoisotopic (exact) mass is 414 g/mol. The van der Waals surface area contributed by atoms with Gasteiger partial charge < -0.3 is 4.74 Å². The molecule has 0 saturated heterocycles.